The second-order valence-electron chi connectivity index (χ2n) is 9.40. The van der Waals surface area contributed by atoms with Crippen LogP contribution in [0.1, 0.15) is 21.0 Å². The molecule has 5 aromatic rings. The van der Waals surface area contributed by atoms with Crippen LogP contribution in [0.5, 0.6) is 0 Å². The van der Waals surface area contributed by atoms with Gasteiger partial charge in [0.1, 0.15) is 5.01 Å². The predicted octanol–water partition coefficient (Wildman–Crippen LogP) is 10.1. The van der Waals surface area contributed by atoms with Gasteiger partial charge in [0.25, 0.3) is 0 Å². The Balaban J connectivity index is 1.62. The lowest BCUT2D eigenvalue weighted by molar-refractivity contribution is -0.254. The second-order valence-corrected chi connectivity index (χ2v) is 11.7. The van der Waals surface area contributed by atoms with Crippen molar-refractivity contribution in [2.75, 3.05) is 0 Å². The molecule has 1 aliphatic carbocycles. The highest BCUT2D eigenvalue weighted by Crippen LogP contribution is 2.66. The molecule has 2 aromatic heterocycles. The van der Waals surface area contributed by atoms with Gasteiger partial charge in [-0.2, -0.15) is 26.3 Å². The summed E-state index contributed by atoms with van der Waals surface area (Å²) in [6, 6.07) is 23.1. The van der Waals surface area contributed by atoms with Gasteiger partial charge in [-0.3, -0.25) is 0 Å². The number of fused-ring (bicyclic) bond motifs is 1. The highest BCUT2D eigenvalue weighted by atomic mass is 32.1. The molecule has 1 aliphatic rings. The Kier molecular flexibility index (Phi) is 5.82. The van der Waals surface area contributed by atoms with Crippen molar-refractivity contribution in [1.82, 2.24) is 4.98 Å². The van der Waals surface area contributed by atoms with Gasteiger partial charge in [-0.1, -0.05) is 72.8 Å². The average Bonchev–Trinajstić information content (AvgIpc) is 3.49. The van der Waals surface area contributed by atoms with Crippen molar-refractivity contribution in [3.05, 3.63) is 99.9 Å². The van der Waals surface area contributed by atoms with E-state index in [4.69, 9.17) is 0 Å². The Morgan fingerprint density at radius 3 is 1.87 bits per heavy atom. The van der Waals surface area contributed by atoms with Crippen molar-refractivity contribution in [2.24, 2.45) is 0 Å². The van der Waals surface area contributed by atoms with Gasteiger partial charge in [-0.15, -0.1) is 22.7 Å². The maximum atomic E-state index is 15.5. The minimum Gasteiger partial charge on any atom is -0.236 e. The molecule has 0 spiro atoms. The fraction of sp³-hybridized carbons (Fsp3) is 0.167. The van der Waals surface area contributed by atoms with E-state index in [0.29, 0.717) is 15.6 Å². The average molecular weight is 572 g/mol. The van der Waals surface area contributed by atoms with Crippen molar-refractivity contribution >= 4 is 43.9 Å². The van der Waals surface area contributed by atoms with Crippen molar-refractivity contribution in [1.29, 1.82) is 0 Å². The molecule has 198 valence electrons. The molecule has 39 heavy (non-hydrogen) atoms. The molecule has 0 unspecified atom stereocenters. The number of benzene rings is 3. The zero-order valence-corrected chi connectivity index (χ0v) is 22.2. The molecule has 0 bridgehead atoms. The summed E-state index contributed by atoms with van der Waals surface area (Å²) in [6.45, 7) is 2.92. The number of aryl methyl sites for hydroxylation is 2. The van der Waals surface area contributed by atoms with Crippen LogP contribution < -0.4 is 0 Å². The zero-order valence-electron chi connectivity index (χ0n) is 20.5. The van der Waals surface area contributed by atoms with Crippen LogP contribution in [0.15, 0.2) is 78.9 Å². The lowest BCUT2D eigenvalue weighted by Crippen LogP contribution is -2.48. The monoisotopic (exact) mass is 571 g/mol. The molecular weight excluding hydrogens is 552 g/mol. The summed E-state index contributed by atoms with van der Waals surface area (Å²) in [5, 5.41) is 0.820. The predicted molar refractivity (Wildman–Crippen MR) is 146 cm³/mol. The summed E-state index contributed by atoms with van der Waals surface area (Å²) in [4.78, 5) is 4.08. The first kappa shape index (κ1) is 25.8. The number of rotatable bonds is 4. The summed E-state index contributed by atoms with van der Waals surface area (Å²) in [5.74, 6) is -15.9. The maximum Gasteiger partial charge on any atom is 0.380 e. The van der Waals surface area contributed by atoms with Gasteiger partial charge in [0.05, 0.1) is 16.8 Å². The Labute approximate surface area is 228 Å². The summed E-state index contributed by atoms with van der Waals surface area (Å²) in [7, 11) is 0. The van der Waals surface area contributed by atoms with Crippen LogP contribution in [-0.2, 0) is 0 Å². The molecular formula is C30H19F6NS2. The lowest BCUT2D eigenvalue weighted by Gasteiger charge is -2.25. The normalized spacial score (nSPS) is 17.7. The fourth-order valence-corrected chi connectivity index (χ4v) is 7.21. The van der Waals surface area contributed by atoms with Crippen molar-refractivity contribution < 1.29 is 26.3 Å². The van der Waals surface area contributed by atoms with E-state index in [1.165, 1.54) is 13.8 Å². The molecule has 0 saturated carbocycles. The number of thiazole rings is 1. The van der Waals surface area contributed by atoms with E-state index < -0.39 is 34.6 Å². The van der Waals surface area contributed by atoms with E-state index in [2.05, 4.69) is 4.98 Å². The minimum atomic E-state index is -5.63. The largest absolute Gasteiger partial charge is 0.380 e. The van der Waals surface area contributed by atoms with Crippen LogP contribution in [0.4, 0.5) is 26.3 Å². The third-order valence-electron chi connectivity index (χ3n) is 6.99. The summed E-state index contributed by atoms with van der Waals surface area (Å²) in [5.41, 5.74) is -0.810. The standard InChI is InChI=1S/C30H19F6NS2/c1-16-21-14-13-20(18-9-5-3-6-10-18)15-22(21)39-26(16)24-23(28(31,32)30(35,36)29(24,33)34)25-17(2)38-27(37-25)19-11-7-4-8-12-19/h3-15H,1-2H3. The highest BCUT2D eigenvalue weighted by molar-refractivity contribution is 7.20. The van der Waals surface area contributed by atoms with Gasteiger partial charge < -0.3 is 0 Å². The number of halogens is 6. The first-order chi connectivity index (χ1) is 18.4. The number of aromatic nitrogens is 1. The highest BCUT2D eigenvalue weighted by Gasteiger charge is 2.81. The molecule has 0 fully saturated rings. The van der Waals surface area contributed by atoms with Crippen LogP contribution in [0.2, 0.25) is 0 Å². The Bertz CT molecular complexity index is 1750. The maximum absolute atomic E-state index is 15.5. The molecule has 9 heteroatoms. The SMILES string of the molecule is Cc1sc(-c2ccccc2)nc1C1=C(c2sc3cc(-c4ccccc4)ccc3c2C)C(F)(F)C(F)(F)C1(F)F. The van der Waals surface area contributed by atoms with Crippen LogP contribution in [0, 0.1) is 13.8 Å². The number of hydrogen-bond acceptors (Lipinski definition) is 3. The molecule has 0 atom stereocenters. The molecule has 3 aromatic carbocycles. The number of hydrogen-bond donors (Lipinski definition) is 0. The van der Waals surface area contributed by atoms with E-state index in [0.717, 1.165) is 33.8 Å². The topological polar surface area (TPSA) is 12.9 Å². The summed E-state index contributed by atoms with van der Waals surface area (Å²) >= 11 is 1.81. The van der Waals surface area contributed by atoms with E-state index in [-0.39, 0.29) is 20.3 Å². The van der Waals surface area contributed by atoms with Crippen LogP contribution in [0.25, 0.3) is 42.9 Å². The lowest BCUT2D eigenvalue weighted by atomic mass is 9.99. The molecule has 0 saturated heterocycles. The van der Waals surface area contributed by atoms with Crippen LogP contribution in [-0.4, -0.2) is 22.8 Å². The molecule has 1 nitrogen and oxygen atoms in total. The van der Waals surface area contributed by atoms with Gasteiger partial charge in [0.2, 0.25) is 0 Å². The van der Waals surface area contributed by atoms with Gasteiger partial charge in [-0.25, -0.2) is 4.98 Å². The van der Waals surface area contributed by atoms with E-state index >= 15 is 17.6 Å². The van der Waals surface area contributed by atoms with Gasteiger partial charge >= 0.3 is 17.8 Å². The Morgan fingerprint density at radius 2 is 1.23 bits per heavy atom. The van der Waals surface area contributed by atoms with E-state index in [9.17, 15) is 8.78 Å². The molecule has 2 heterocycles. The smallest absolute Gasteiger partial charge is 0.236 e. The summed E-state index contributed by atoms with van der Waals surface area (Å²) < 4.78 is 92.3. The molecule has 6 rings (SSSR count). The zero-order chi connectivity index (χ0) is 27.7. The van der Waals surface area contributed by atoms with Gasteiger partial charge in [0, 0.05) is 20.0 Å². The number of thiophene rings is 1. The quantitative estimate of drug-likeness (QED) is 0.196. The molecule has 0 radical (unpaired) electrons. The third-order valence-corrected chi connectivity index (χ3v) is 9.29. The second kappa shape index (κ2) is 8.79. The van der Waals surface area contributed by atoms with Gasteiger partial charge in [-0.05, 0) is 42.0 Å². The number of nitrogens with zero attached hydrogens (tertiary/aromatic N) is 1. The van der Waals surface area contributed by atoms with Gasteiger partial charge in [0.15, 0.2) is 0 Å². The number of allylic oxidation sites excluding steroid dienone is 2. The van der Waals surface area contributed by atoms with E-state index in [1.807, 2.05) is 30.3 Å². The summed E-state index contributed by atoms with van der Waals surface area (Å²) in [6.07, 6.45) is 0. The number of alkyl halides is 6. The first-order valence-corrected chi connectivity index (χ1v) is 13.6. The molecule has 0 N–H and O–H groups in total. The first-order valence-electron chi connectivity index (χ1n) is 12.0. The Morgan fingerprint density at radius 1 is 0.641 bits per heavy atom. The Hall–Kier alpha value is -3.43. The minimum absolute atomic E-state index is 0.152. The van der Waals surface area contributed by atoms with Crippen LogP contribution >= 0.6 is 22.7 Å². The van der Waals surface area contributed by atoms with Crippen LogP contribution in [0.3, 0.4) is 0 Å². The van der Waals surface area contributed by atoms with Crippen molar-refractivity contribution in [2.45, 2.75) is 31.6 Å². The third kappa shape index (κ3) is 3.70. The van der Waals surface area contributed by atoms with E-state index in [1.54, 1.807) is 48.5 Å². The molecule has 0 aliphatic heterocycles. The van der Waals surface area contributed by atoms with Crippen molar-refractivity contribution in [3.8, 4) is 21.7 Å². The van der Waals surface area contributed by atoms with Crippen molar-refractivity contribution in [3.63, 3.8) is 0 Å². The molecule has 0 amide bonds. The fourth-order valence-electron chi connectivity index (χ4n) is 4.96.